The normalized spacial score (nSPS) is 25.2. The molecule has 3 nitrogen and oxygen atoms in total. The van der Waals surface area contributed by atoms with Gasteiger partial charge < -0.3 is 10.1 Å². The van der Waals surface area contributed by atoms with Gasteiger partial charge in [0, 0.05) is 12.1 Å². The molecule has 4 atom stereocenters. The minimum absolute atomic E-state index is 0.0904. The SMILES string of the molecule is COC(=O)C(C)(C)[C@H]1CCC[C@@H](N[C@H](C)c2ccc(C(C)C)cc2)[C@@H]1C. The second-order valence-corrected chi connectivity index (χ2v) is 8.93. The van der Waals surface area contributed by atoms with E-state index in [-0.39, 0.29) is 5.97 Å². The molecule has 26 heavy (non-hydrogen) atoms. The van der Waals surface area contributed by atoms with E-state index in [4.69, 9.17) is 4.74 Å². The molecule has 0 unspecified atom stereocenters. The van der Waals surface area contributed by atoms with E-state index in [1.807, 2.05) is 13.8 Å². The van der Waals surface area contributed by atoms with Crippen molar-refractivity contribution in [3.05, 3.63) is 35.4 Å². The maximum atomic E-state index is 12.3. The Morgan fingerprint density at radius 2 is 1.69 bits per heavy atom. The van der Waals surface area contributed by atoms with Crippen molar-refractivity contribution < 1.29 is 9.53 Å². The molecule has 1 N–H and O–H groups in total. The Hall–Kier alpha value is -1.35. The molecule has 0 bridgehead atoms. The lowest BCUT2D eigenvalue weighted by Crippen LogP contribution is -2.48. The molecular weight excluding hydrogens is 322 g/mol. The first-order valence-corrected chi connectivity index (χ1v) is 10.1. The maximum absolute atomic E-state index is 12.3. The lowest BCUT2D eigenvalue weighted by Gasteiger charge is -2.44. The summed E-state index contributed by atoms with van der Waals surface area (Å²) in [4.78, 5) is 12.3. The highest BCUT2D eigenvalue weighted by atomic mass is 16.5. The van der Waals surface area contributed by atoms with Crippen LogP contribution in [0, 0.1) is 17.3 Å². The van der Waals surface area contributed by atoms with Gasteiger partial charge in [-0.3, -0.25) is 4.79 Å². The van der Waals surface area contributed by atoms with Gasteiger partial charge in [0.1, 0.15) is 0 Å². The molecule has 0 saturated heterocycles. The van der Waals surface area contributed by atoms with Gasteiger partial charge >= 0.3 is 5.97 Å². The fraction of sp³-hybridized carbons (Fsp3) is 0.696. The van der Waals surface area contributed by atoms with Crippen LogP contribution in [-0.2, 0) is 9.53 Å². The molecule has 0 spiro atoms. The lowest BCUT2D eigenvalue weighted by atomic mass is 9.64. The van der Waals surface area contributed by atoms with Crippen LogP contribution in [0.15, 0.2) is 24.3 Å². The molecule has 146 valence electrons. The van der Waals surface area contributed by atoms with Crippen LogP contribution in [0.25, 0.3) is 0 Å². The van der Waals surface area contributed by atoms with Crippen LogP contribution in [0.3, 0.4) is 0 Å². The van der Waals surface area contributed by atoms with Crippen molar-refractivity contribution >= 4 is 5.97 Å². The molecule has 1 saturated carbocycles. The molecule has 2 rings (SSSR count). The van der Waals surface area contributed by atoms with E-state index in [0.29, 0.717) is 29.8 Å². The third-order valence-electron chi connectivity index (χ3n) is 6.51. The summed E-state index contributed by atoms with van der Waals surface area (Å²) >= 11 is 0. The fourth-order valence-electron chi connectivity index (χ4n) is 4.62. The number of carbonyl (C=O) groups is 1. The zero-order chi connectivity index (χ0) is 19.5. The van der Waals surface area contributed by atoms with Gasteiger partial charge in [0.25, 0.3) is 0 Å². The molecule has 1 aliphatic carbocycles. The predicted molar refractivity (Wildman–Crippen MR) is 108 cm³/mol. The Morgan fingerprint density at radius 1 is 1.12 bits per heavy atom. The first kappa shape index (κ1) is 21.0. The van der Waals surface area contributed by atoms with Gasteiger partial charge in [-0.25, -0.2) is 0 Å². The number of hydrogen-bond acceptors (Lipinski definition) is 3. The summed E-state index contributed by atoms with van der Waals surface area (Å²) in [6, 6.07) is 9.71. The lowest BCUT2D eigenvalue weighted by molar-refractivity contribution is -0.156. The first-order valence-electron chi connectivity index (χ1n) is 10.1. The van der Waals surface area contributed by atoms with Crippen LogP contribution in [0.2, 0.25) is 0 Å². The van der Waals surface area contributed by atoms with Crippen LogP contribution in [0.5, 0.6) is 0 Å². The number of benzene rings is 1. The van der Waals surface area contributed by atoms with E-state index in [0.717, 1.165) is 12.8 Å². The van der Waals surface area contributed by atoms with E-state index < -0.39 is 5.41 Å². The summed E-state index contributed by atoms with van der Waals surface area (Å²) in [5.41, 5.74) is 2.28. The predicted octanol–water partition coefficient (Wildman–Crippen LogP) is 5.46. The van der Waals surface area contributed by atoms with Crippen molar-refractivity contribution in [2.45, 2.75) is 78.8 Å². The molecule has 0 heterocycles. The molecule has 0 aliphatic heterocycles. The summed E-state index contributed by atoms with van der Waals surface area (Å²) in [7, 11) is 1.50. The molecule has 1 aliphatic rings. The number of esters is 1. The molecule has 0 radical (unpaired) electrons. The second kappa shape index (κ2) is 8.56. The zero-order valence-corrected chi connectivity index (χ0v) is 17.6. The monoisotopic (exact) mass is 359 g/mol. The largest absolute Gasteiger partial charge is 0.469 e. The van der Waals surface area contributed by atoms with Crippen LogP contribution in [-0.4, -0.2) is 19.1 Å². The number of nitrogens with one attached hydrogen (secondary N) is 1. The topological polar surface area (TPSA) is 38.3 Å². The summed E-state index contributed by atoms with van der Waals surface area (Å²) in [5.74, 6) is 1.26. The first-order chi connectivity index (χ1) is 12.2. The second-order valence-electron chi connectivity index (χ2n) is 8.93. The van der Waals surface area contributed by atoms with Crippen molar-refractivity contribution in [2.24, 2.45) is 17.3 Å². The van der Waals surface area contributed by atoms with Crippen LogP contribution >= 0.6 is 0 Å². The summed E-state index contributed by atoms with van der Waals surface area (Å²) in [5, 5.41) is 3.84. The average Bonchev–Trinajstić information content (AvgIpc) is 2.62. The number of ether oxygens (including phenoxy) is 1. The maximum Gasteiger partial charge on any atom is 0.311 e. The average molecular weight is 360 g/mol. The summed E-state index contributed by atoms with van der Waals surface area (Å²) in [6.07, 6.45) is 3.42. The fourth-order valence-corrected chi connectivity index (χ4v) is 4.62. The molecule has 0 amide bonds. The standard InChI is InChI=1S/C23H37NO2/c1-15(2)18-11-13-19(14-12-18)17(4)24-21-10-8-9-20(16(21)3)23(5,6)22(25)26-7/h11-17,20-21,24H,8-10H2,1-7H3/t16-,17-,20+,21-/m1/s1. The minimum Gasteiger partial charge on any atom is -0.469 e. The minimum atomic E-state index is -0.434. The van der Waals surface area contributed by atoms with Gasteiger partial charge in [0.2, 0.25) is 0 Å². The van der Waals surface area contributed by atoms with Crippen molar-refractivity contribution in [3.63, 3.8) is 0 Å². The number of rotatable bonds is 6. The van der Waals surface area contributed by atoms with Gasteiger partial charge in [-0.2, -0.15) is 0 Å². The van der Waals surface area contributed by atoms with E-state index in [1.54, 1.807) is 0 Å². The Kier molecular flexibility index (Phi) is 6.90. The Morgan fingerprint density at radius 3 is 2.23 bits per heavy atom. The van der Waals surface area contributed by atoms with Crippen LogP contribution in [0.4, 0.5) is 0 Å². The van der Waals surface area contributed by atoms with Crippen molar-refractivity contribution in [3.8, 4) is 0 Å². The highest BCUT2D eigenvalue weighted by Crippen LogP contribution is 2.43. The van der Waals surface area contributed by atoms with Gasteiger partial charge in [-0.1, -0.05) is 51.5 Å². The van der Waals surface area contributed by atoms with E-state index in [9.17, 15) is 4.79 Å². The molecule has 1 aromatic rings. The van der Waals surface area contributed by atoms with E-state index in [2.05, 4.69) is 57.3 Å². The molecule has 1 fully saturated rings. The molecule has 3 heteroatoms. The van der Waals surface area contributed by atoms with E-state index in [1.165, 1.54) is 24.7 Å². The van der Waals surface area contributed by atoms with Crippen LogP contribution < -0.4 is 5.32 Å². The van der Waals surface area contributed by atoms with Gasteiger partial charge in [0.15, 0.2) is 0 Å². The third-order valence-corrected chi connectivity index (χ3v) is 6.51. The Labute approximate surface area is 159 Å². The van der Waals surface area contributed by atoms with E-state index >= 15 is 0 Å². The Balaban J connectivity index is 2.07. The van der Waals surface area contributed by atoms with Gasteiger partial charge in [-0.05, 0) is 62.5 Å². The highest BCUT2D eigenvalue weighted by molar-refractivity contribution is 5.76. The van der Waals surface area contributed by atoms with Gasteiger partial charge in [-0.15, -0.1) is 0 Å². The summed E-state index contributed by atoms with van der Waals surface area (Å²) in [6.45, 7) is 13.1. The van der Waals surface area contributed by atoms with Crippen molar-refractivity contribution in [1.82, 2.24) is 5.32 Å². The number of methoxy groups -OCH3 is 1. The third kappa shape index (κ3) is 4.49. The molecular formula is C23H37NO2. The number of carbonyl (C=O) groups excluding carboxylic acids is 1. The van der Waals surface area contributed by atoms with Crippen molar-refractivity contribution in [2.75, 3.05) is 7.11 Å². The zero-order valence-electron chi connectivity index (χ0n) is 17.6. The Bertz CT molecular complexity index is 591. The molecule has 1 aromatic carbocycles. The number of hydrogen-bond donors (Lipinski definition) is 1. The molecule has 0 aromatic heterocycles. The van der Waals surface area contributed by atoms with Crippen molar-refractivity contribution in [1.29, 1.82) is 0 Å². The smallest absolute Gasteiger partial charge is 0.311 e. The quantitative estimate of drug-likeness (QED) is 0.685. The van der Waals surface area contributed by atoms with Crippen LogP contribution in [0.1, 0.15) is 83.9 Å². The van der Waals surface area contributed by atoms with Gasteiger partial charge in [0.05, 0.1) is 12.5 Å². The summed E-state index contributed by atoms with van der Waals surface area (Å²) < 4.78 is 5.07. The highest BCUT2D eigenvalue weighted by Gasteiger charge is 2.44.